The van der Waals surface area contributed by atoms with E-state index in [-0.39, 0.29) is 6.54 Å². The van der Waals surface area contributed by atoms with Crippen molar-refractivity contribution in [2.45, 2.75) is 19.9 Å². The van der Waals surface area contributed by atoms with Gasteiger partial charge in [-0.3, -0.25) is 4.79 Å². The van der Waals surface area contributed by atoms with Crippen molar-refractivity contribution in [2.75, 3.05) is 20.3 Å². The molecule has 0 aliphatic carbocycles. The van der Waals surface area contributed by atoms with E-state index in [1.54, 1.807) is 19.2 Å². The number of halogens is 1. The minimum absolute atomic E-state index is 0.123. The summed E-state index contributed by atoms with van der Waals surface area (Å²) in [7, 11) is 1.54. The van der Waals surface area contributed by atoms with Crippen molar-refractivity contribution in [1.82, 2.24) is 5.32 Å². The van der Waals surface area contributed by atoms with Gasteiger partial charge >= 0.3 is 5.97 Å². The number of carboxylic acid groups (broad SMARTS) is 1. The predicted octanol–water partition coefficient (Wildman–Crippen LogP) is 2.31. The Morgan fingerprint density at radius 2 is 2.21 bits per heavy atom. The molecule has 0 aliphatic heterocycles. The van der Waals surface area contributed by atoms with Gasteiger partial charge in [0.15, 0.2) is 11.5 Å². The Morgan fingerprint density at radius 3 is 2.79 bits per heavy atom. The maximum Gasteiger partial charge on any atom is 0.317 e. The van der Waals surface area contributed by atoms with Gasteiger partial charge in [-0.25, -0.2) is 0 Å². The van der Waals surface area contributed by atoms with Crippen molar-refractivity contribution < 1.29 is 19.4 Å². The van der Waals surface area contributed by atoms with Crippen LogP contribution < -0.4 is 14.8 Å². The largest absolute Gasteiger partial charge is 0.493 e. The first-order valence-electron chi connectivity index (χ1n) is 6.00. The highest BCUT2D eigenvalue weighted by atomic mass is 35.5. The molecule has 0 atom stereocenters. The van der Waals surface area contributed by atoms with E-state index in [1.165, 1.54) is 0 Å². The van der Waals surface area contributed by atoms with E-state index in [4.69, 9.17) is 26.2 Å². The second kappa shape index (κ2) is 7.86. The highest BCUT2D eigenvalue weighted by Gasteiger charge is 2.13. The SMILES string of the molecule is CCCOc1c(CNCC(=O)O)cc(Cl)cc1OC. The molecule has 19 heavy (non-hydrogen) atoms. The number of nitrogens with one attached hydrogen (secondary N) is 1. The zero-order valence-corrected chi connectivity index (χ0v) is 11.8. The van der Waals surface area contributed by atoms with E-state index >= 15 is 0 Å². The molecule has 0 aromatic heterocycles. The van der Waals surface area contributed by atoms with Crippen molar-refractivity contribution in [3.63, 3.8) is 0 Å². The highest BCUT2D eigenvalue weighted by molar-refractivity contribution is 6.30. The van der Waals surface area contributed by atoms with Crippen LogP contribution in [0.1, 0.15) is 18.9 Å². The Bertz CT molecular complexity index is 437. The van der Waals surface area contributed by atoms with Crippen molar-refractivity contribution in [2.24, 2.45) is 0 Å². The summed E-state index contributed by atoms with van der Waals surface area (Å²) in [4.78, 5) is 10.5. The molecule has 0 saturated heterocycles. The second-order valence-corrected chi connectivity index (χ2v) is 4.38. The van der Waals surface area contributed by atoms with Crippen LogP contribution in [0.2, 0.25) is 5.02 Å². The van der Waals surface area contributed by atoms with Crippen LogP contribution >= 0.6 is 11.6 Å². The molecule has 0 unspecified atom stereocenters. The molecule has 0 amide bonds. The Labute approximate surface area is 117 Å². The molecular formula is C13H18ClNO4. The predicted molar refractivity (Wildman–Crippen MR) is 73.1 cm³/mol. The normalized spacial score (nSPS) is 10.3. The molecule has 1 aromatic carbocycles. The lowest BCUT2D eigenvalue weighted by Gasteiger charge is -2.15. The third-order valence-electron chi connectivity index (χ3n) is 2.36. The first kappa shape index (κ1) is 15.6. The van der Waals surface area contributed by atoms with E-state index in [9.17, 15) is 4.79 Å². The molecule has 6 heteroatoms. The Kier molecular flexibility index (Phi) is 6.45. The fraction of sp³-hybridized carbons (Fsp3) is 0.462. The van der Waals surface area contributed by atoms with Gasteiger partial charge in [0.25, 0.3) is 0 Å². The van der Waals surface area contributed by atoms with E-state index in [1.807, 2.05) is 6.92 Å². The Balaban J connectivity index is 2.91. The fourth-order valence-electron chi connectivity index (χ4n) is 1.58. The molecule has 106 valence electrons. The van der Waals surface area contributed by atoms with Crippen LogP contribution in [0.5, 0.6) is 11.5 Å². The summed E-state index contributed by atoms with van der Waals surface area (Å²) in [6, 6.07) is 3.41. The zero-order valence-electron chi connectivity index (χ0n) is 11.0. The minimum Gasteiger partial charge on any atom is -0.493 e. The molecular weight excluding hydrogens is 270 g/mol. The smallest absolute Gasteiger partial charge is 0.317 e. The van der Waals surface area contributed by atoms with Gasteiger partial charge in [0.2, 0.25) is 0 Å². The van der Waals surface area contributed by atoms with Gasteiger partial charge in [0, 0.05) is 23.2 Å². The summed E-state index contributed by atoms with van der Waals surface area (Å²) in [6.07, 6.45) is 0.869. The third-order valence-corrected chi connectivity index (χ3v) is 2.58. The van der Waals surface area contributed by atoms with E-state index in [0.717, 1.165) is 12.0 Å². The van der Waals surface area contributed by atoms with E-state index in [0.29, 0.717) is 29.7 Å². The lowest BCUT2D eigenvalue weighted by atomic mass is 10.2. The third kappa shape index (κ3) is 4.96. The zero-order chi connectivity index (χ0) is 14.3. The van der Waals surface area contributed by atoms with Crippen molar-refractivity contribution in [3.05, 3.63) is 22.7 Å². The Hall–Kier alpha value is -1.46. The van der Waals surface area contributed by atoms with Gasteiger partial charge in [-0.05, 0) is 12.5 Å². The molecule has 1 aromatic rings. The average molecular weight is 288 g/mol. The van der Waals surface area contributed by atoms with E-state index in [2.05, 4.69) is 5.32 Å². The van der Waals surface area contributed by atoms with E-state index < -0.39 is 5.97 Å². The average Bonchev–Trinajstić information content (AvgIpc) is 2.36. The number of hydrogen-bond donors (Lipinski definition) is 2. The first-order valence-corrected chi connectivity index (χ1v) is 6.38. The number of ether oxygens (including phenoxy) is 2. The fourth-order valence-corrected chi connectivity index (χ4v) is 1.81. The van der Waals surface area contributed by atoms with Gasteiger partial charge < -0.3 is 19.9 Å². The molecule has 0 radical (unpaired) electrons. The van der Waals surface area contributed by atoms with Crippen LogP contribution in [0.4, 0.5) is 0 Å². The lowest BCUT2D eigenvalue weighted by molar-refractivity contribution is -0.136. The summed E-state index contributed by atoms with van der Waals surface area (Å²) >= 11 is 6.00. The topological polar surface area (TPSA) is 67.8 Å². The van der Waals surface area contributed by atoms with Crippen LogP contribution in [0.15, 0.2) is 12.1 Å². The van der Waals surface area contributed by atoms with Gasteiger partial charge in [-0.2, -0.15) is 0 Å². The molecule has 0 aliphatic rings. The van der Waals surface area contributed by atoms with Gasteiger partial charge in [-0.15, -0.1) is 0 Å². The maximum atomic E-state index is 10.5. The molecule has 5 nitrogen and oxygen atoms in total. The lowest BCUT2D eigenvalue weighted by Crippen LogP contribution is -2.22. The first-order chi connectivity index (χ1) is 9.08. The van der Waals surface area contributed by atoms with Gasteiger partial charge in [-0.1, -0.05) is 18.5 Å². The number of rotatable bonds is 8. The number of hydrogen-bond acceptors (Lipinski definition) is 4. The monoisotopic (exact) mass is 287 g/mol. The van der Waals surface area contributed by atoms with Crippen LogP contribution in [-0.4, -0.2) is 31.3 Å². The molecule has 2 N–H and O–H groups in total. The van der Waals surface area contributed by atoms with Crippen molar-refractivity contribution in [1.29, 1.82) is 0 Å². The molecule has 0 fully saturated rings. The maximum absolute atomic E-state index is 10.5. The number of aliphatic carboxylic acids is 1. The van der Waals surface area contributed by atoms with Crippen molar-refractivity contribution in [3.8, 4) is 11.5 Å². The quantitative estimate of drug-likeness (QED) is 0.768. The Morgan fingerprint density at radius 1 is 1.47 bits per heavy atom. The van der Waals surface area contributed by atoms with Crippen LogP contribution in [0.3, 0.4) is 0 Å². The standard InChI is InChI=1S/C13H18ClNO4/c1-3-4-19-13-9(7-15-8-12(16)17)5-10(14)6-11(13)18-2/h5-6,15H,3-4,7-8H2,1-2H3,(H,16,17). The molecule has 0 bridgehead atoms. The number of benzene rings is 1. The molecule has 1 rings (SSSR count). The summed E-state index contributed by atoms with van der Waals surface area (Å²) < 4.78 is 10.9. The minimum atomic E-state index is -0.912. The van der Waals surface area contributed by atoms with Crippen LogP contribution in [-0.2, 0) is 11.3 Å². The van der Waals surface area contributed by atoms with Crippen molar-refractivity contribution >= 4 is 17.6 Å². The number of carboxylic acids is 1. The van der Waals surface area contributed by atoms with Gasteiger partial charge in [0.1, 0.15) is 0 Å². The number of carbonyl (C=O) groups is 1. The summed E-state index contributed by atoms with van der Waals surface area (Å²) in [6.45, 7) is 2.79. The summed E-state index contributed by atoms with van der Waals surface area (Å²) in [5.41, 5.74) is 0.777. The van der Waals surface area contributed by atoms with Gasteiger partial charge in [0.05, 0.1) is 20.3 Å². The molecule has 0 spiro atoms. The second-order valence-electron chi connectivity index (χ2n) is 3.94. The number of methoxy groups -OCH3 is 1. The highest BCUT2D eigenvalue weighted by Crippen LogP contribution is 2.34. The molecule has 0 saturated carbocycles. The summed E-state index contributed by atoms with van der Waals surface area (Å²) in [5, 5.41) is 11.9. The summed E-state index contributed by atoms with van der Waals surface area (Å²) in [5.74, 6) is 0.240. The van der Waals surface area contributed by atoms with Crippen LogP contribution in [0.25, 0.3) is 0 Å². The van der Waals surface area contributed by atoms with Crippen LogP contribution in [0, 0.1) is 0 Å². The molecule has 0 heterocycles.